The Morgan fingerprint density at radius 1 is 0.882 bits per heavy atom. The van der Waals surface area contributed by atoms with Crippen LogP contribution in [0.3, 0.4) is 0 Å². The zero-order valence-corrected chi connectivity index (χ0v) is 19.4. The van der Waals surface area contributed by atoms with E-state index in [-0.39, 0.29) is 54.3 Å². The molecule has 2 atom stereocenters. The van der Waals surface area contributed by atoms with Gasteiger partial charge in [-0.05, 0) is 61.1 Å². The summed E-state index contributed by atoms with van der Waals surface area (Å²) in [5.41, 5.74) is 1.52. The molecule has 2 aromatic carbocycles. The van der Waals surface area contributed by atoms with Gasteiger partial charge in [0, 0.05) is 18.8 Å². The van der Waals surface area contributed by atoms with Crippen LogP contribution >= 0.6 is 0 Å². The highest BCUT2D eigenvalue weighted by Crippen LogP contribution is 2.34. The molecule has 8 nitrogen and oxygen atoms in total. The van der Waals surface area contributed by atoms with Crippen molar-refractivity contribution in [2.75, 3.05) is 6.61 Å². The van der Waals surface area contributed by atoms with Crippen LogP contribution in [0.15, 0.2) is 36.4 Å². The van der Waals surface area contributed by atoms with E-state index < -0.39 is 17.9 Å². The molecule has 182 valence electrons. The number of cyclic esters (lactones) is 1. The van der Waals surface area contributed by atoms with Gasteiger partial charge in [-0.3, -0.25) is 14.4 Å². The SMILES string of the molecule is CCCC(=O)Oc1cc(CC2COC(=O)C2Cc2ccc(O)c(OC(=O)CCC)c2)ccc1O. The van der Waals surface area contributed by atoms with Crippen molar-refractivity contribution in [2.45, 2.75) is 52.4 Å². The minimum Gasteiger partial charge on any atom is -0.504 e. The van der Waals surface area contributed by atoms with Gasteiger partial charge in [0.05, 0.1) is 12.5 Å². The number of aromatic hydroxyl groups is 2. The number of phenolic OH excluding ortho intramolecular Hbond substituents is 2. The van der Waals surface area contributed by atoms with Crippen LogP contribution in [0, 0.1) is 11.8 Å². The highest BCUT2D eigenvalue weighted by Gasteiger charge is 2.37. The predicted molar refractivity (Wildman–Crippen MR) is 123 cm³/mol. The average Bonchev–Trinajstić information content (AvgIpc) is 3.12. The van der Waals surface area contributed by atoms with Crippen LogP contribution < -0.4 is 9.47 Å². The number of benzene rings is 2. The van der Waals surface area contributed by atoms with E-state index in [0.29, 0.717) is 25.7 Å². The molecule has 0 radical (unpaired) electrons. The number of ether oxygens (including phenoxy) is 3. The number of phenols is 2. The van der Waals surface area contributed by atoms with Crippen molar-refractivity contribution in [3.63, 3.8) is 0 Å². The average molecular weight is 471 g/mol. The molecule has 1 aliphatic heterocycles. The second kappa shape index (κ2) is 11.5. The second-order valence-corrected chi connectivity index (χ2v) is 8.46. The van der Waals surface area contributed by atoms with E-state index in [2.05, 4.69) is 0 Å². The van der Waals surface area contributed by atoms with E-state index in [0.717, 1.165) is 11.1 Å². The molecule has 2 aromatic rings. The van der Waals surface area contributed by atoms with Gasteiger partial charge in [-0.25, -0.2) is 0 Å². The van der Waals surface area contributed by atoms with Crippen molar-refractivity contribution in [3.8, 4) is 23.0 Å². The Hall–Kier alpha value is -3.55. The second-order valence-electron chi connectivity index (χ2n) is 8.46. The third-order valence-electron chi connectivity index (χ3n) is 5.67. The maximum absolute atomic E-state index is 12.5. The smallest absolute Gasteiger partial charge is 0.311 e. The van der Waals surface area contributed by atoms with Gasteiger partial charge >= 0.3 is 17.9 Å². The van der Waals surface area contributed by atoms with Crippen LogP contribution in [-0.2, 0) is 32.0 Å². The lowest BCUT2D eigenvalue weighted by atomic mass is 9.85. The molecule has 0 aliphatic carbocycles. The molecule has 0 bridgehead atoms. The zero-order chi connectivity index (χ0) is 24.7. The summed E-state index contributed by atoms with van der Waals surface area (Å²) in [5, 5.41) is 20.1. The first-order chi connectivity index (χ1) is 16.3. The molecule has 1 heterocycles. The Kier molecular flexibility index (Phi) is 8.51. The van der Waals surface area contributed by atoms with Crippen LogP contribution in [0.25, 0.3) is 0 Å². The normalized spacial score (nSPS) is 17.3. The van der Waals surface area contributed by atoms with E-state index in [9.17, 15) is 24.6 Å². The standard InChI is InChI=1S/C26H30O8/c1-3-5-24(29)33-22-13-16(7-9-20(22)27)11-18-15-32-26(31)19(18)12-17-8-10-21(28)23(14-17)34-25(30)6-4-2/h7-10,13-14,18-19,27-28H,3-6,11-12,15H2,1-2H3. The van der Waals surface area contributed by atoms with Gasteiger partial charge in [-0.15, -0.1) is 0 Å². The van der Waals surface area contributed by atoms with Crippen LogP contribution in [0.5, 0.6) is 23.0 Å². The molecule has 3 rings (SSSR count). The fourth-order valence-corrected chi connectivity index (χ4v) is 3.90. The summed E-state index contributed by atoms with van der Waals surface area (Å²) in [6.07, 6.45) is 2.58. The van der Waals surface area contributed by atoms with Gasteiger partial charge in [-0.2, -0.15) is 0 Å². The molecule has 34 heavy (non-hydrogen) atoms. The van der Waals surface area contributed by atoms with Crippen molar-refractivity contribution in [1.82, 2.24) is 0 Å². The molecule has 0 spiro atoms. The summed E-state index contributed by atoms with van der Waals surface area (Å²) in [7, 11) is 0. The number of hydrogen-bond acceptors (Lipinski definition) is 8. The topological polar surface area (TPSA) is 119 Å². The van der Waals surface area contributed by atoms with Crippen molar-refractivity contribution in [3.05, 3.63) is 47.5 Å². The van der Waals surface area contributed by atoms with Crippen molar-refractivity contribution < 1.29 is 38.8 Å². The van der Waals surface area contributed by atoms with E-state index in [1.54, 1.807) is 24.3 Å². The Morgan fingerprint density at radius 3 is 1.88 bits per heavy atom. The largest absolute Gasteiger partial charge is 0.504 e. The highest BCUT2D eigenvalue weighted by molar-refractivity contribution is 5.76. The van der Waals surface area contributed by atoms with Crippen molar-refractivity contribution >= 4 is 17.9 Å². The van der Waals surface area contributed by atoms with Gasteiger partial charge in [0.15, 0.2) is 23.0 Å². The quantitative estimate of drug-likeness (QED) is 0.394. The first-order valence-electron chi connectivity index (χ1n) is 11.5. The number of carbonyl (C=O) groups excluding carboxylic acids is 3. The molecule has 2 N–H and O–H groups in total. The molecule has 8 heteroatoms. The lowest BCUT2D eigenvalue weighted by molar-refractivity contribution is -0.141. The summed E-state index contributed by atoms with van der Waals surface area (Å²) < 4.78 is 15.8. The molecular weight excluding hydrogens is 440 g/mol. The van der Waals surface area contributed by atoms with E-state index in [4.69, 9.17) is 14.2 Å². The maximum atomic E-state index is 12.5. The Bertz CT molecular complexity index is 1050. The summed E-state index contributed by atoms with van der Waals surface area (Å²) in [5.74, 6) is -1.88. The Labute approximate surface area is 198 Å². The van der Waals surface area contributed by atoms with E-state index >= 15 is 0 Å². The van der Waals surface area contributed by atoms with E-state index in [1.165, 1.54) is 12.1 Å². The molecular formula is C26H30O8. The third-order valence-corrected chi connectivity index (χ3v) is 5.67. The summed E-state index contributed by atoms with van der Waals surface area (Å²) in [4.78, 5) is 36.1. The van der Waals surface area contributed by atoms with Gasteiger partial charge in [0.25, 0.3) is 0 Å². The van der Waals surface area contributed by atoms with Crippen LogP contribution in [0.2, 0.25) is 0 Å². The fraction of sp³-hybridized carbons (Fsp3) is 0.423. The molecule has 1 aliphatic rings. The first-order valence-corrected chi connectivity index (χ1v) is 11.5. The molecule has 0 aromatic heterocycles. The highest BCUT2D eigenvalue weighted by atomic mass is 16.5. The number of rotatable bonds is 10. The molecule has 1 fully saturated rings. The van der Waals surface area contributed by atoms with Crippen molar-refractivity contribution in [1.29, 1.82) is 0 Å². The molecule has 0 amide bonds. The third kappa shape index (κ3) is 6.50. The zero-order valence-electron chi connectivity index (χ0n) is 19.4. The van der Waals surface area contributed by atoms with Gasteiger partial charge in [0.1, 0.15) is 0 Å². The summed E-state index contributed by atoms with van der Waals surface area (Å²) >= 11 is 0. The predicted octanol–water partition coefficient (Wildman–Crippen LogP) is 4.08. The number of hydrogen-bond donors (Lipinski definition) is 2. The van der Waals surface area contributed by atoms with Crippen molar-refractivity contribution in [2.24, 2.45) is 11.8 Å². The minimum atomic E-state index is -0.441. The molecule has 2 unspecified atom stereocenters. The van der Waals surface area contributed by atoms with Crippen LogP contribution in [0.4, 0.5) is 0 Å². The lowest BCUT2D eigenvalue weighted by Crippen LogP contribution is -2.21. The minimum absolute atomic E-state index is 0.0657. The molecule has 0 saturated carbocycles. The van der Waals surface area contributed by atoms with Gasteiger partial charge in [-0.1, -0.05) is 26.0 Å². The Balaban J connectivity index is 1.72. The molecule has 1 saturated heterocycles. The van der Waals surface area contributed by atoms with Crippen LogP contribution in [-0.4, -0.2) is 34.7 Å². The fourth-order valence-electron chi connectivity index (χ4n) is 3.90. The monoisotopic (exact) mass is 470 g/mol. The maximum Gasteiger partial charge on any atom is 0.311 e. The first kappa shape index (κ1) is 25.1. The summed E-state index contributed by atoms with van der Waals surface area (Å²) in [6.45, 7) is 3.96. The van der Waals surface area contributed by atoms with E-state index in [1.807, 2.05) is 13.8 Å². The number of carbonyl (C=O) groups is 3. The van der Waals surface area contributed by atoms with Crippen LogP contribution in [0.1, 0.15) is 50.7 Å². The lowest BCUT2D eigenvalue weighted by Gasteiger charge is -2.17. The Morgan fingerprint density at radius 2 is 1.38 bits per heavy atom. The van der Waals surface area contributed by atoms with Gasteiger partial charge in [0.2, 0.25) is 0 Å². The summed E-state index contributed by atoms with van der Waals surface area (Å²) in [6, 6.07) is 9.48. The number of esters is 3. The van der Waals surface area contributed by atoms with Gasteiger partial charge < -0.3 is 24.4 Å².